The molecule has 0 aliphatic heterocycles. The Hall–Kier alpha value is -3.28. The van der Waals surface area contributed by atoms with Crippen molar-refractivity contribution >= 4 is 23.5 Å². The molecule has 2 aromatic carbocycles. The second-order valence-corrected chi connectivity index (χ2v) is 10.1. The third kappa shape index (κ3) is 5.27. The van der Waals surface area contributed by atoms with Crippen molar-refractivity contribution in [3.05, 3.63) is 69.8 Å². The van der Waals surface area contributed by atoms with Crippen LogP contribution >= 0.6 is 0 Å². The van der Waals surface area contributed by atoms with E-state index in [1.165, 1.54) is 13.8 Å². The van der Waals surface area contributed by atoms with Crippen molar-refractivity contribution in [2.45, 2.75) is 65.2 Å². The third-order valence-electron chi connectivity index (χ3n) is 6.65. The van der Waals surface area contributed by atoms with E-state index in [0.717, 1.165) is 11.1 Å². The molecule has 0 heterocycles. The average molecular weight is 465 g/mol. The van der Waals surface area contributed by atoms with E-state index in [9.17, 15) is 19.2 Å². The van der Waals surface area contributed by atoms with E-state index in [2.05, 4.69) is 0 Å². The fraction of sp³-hybridized carbons (Fsp3) is 0.429. The zero-order valence-corrected chi connectivity index (χ0v) is 20.7. The molecule has 0 N–H and O–H groups in total. The number of ketones is 2. The van der Waals surface area contributed by atoms with Crippen LogP contribution in [0.2, 0.25) is 0 Å². The predicted molar refractivity (Wildman–Crippen MR) is 128 cm³/mol. The molecule has 0 unspecified atom stereocenters. The molecule has 0 amide bonds. The third-order valence-corrected chi connectivity index (χ3v) is 6.65. The van der Waals surface area contributed by atoms with E-state index in [4.69, 9.17) is 9.47 Å². The number of fused-ring (bicyclic) bond motifs is 2. The maximum absolute atomic E-state index is 13.4. The number of carbonyl (C=O) groups excluding carboxylic acids is 4. The SMILES string of the molecule is CC(=O)OCCC(C)(C)c1ccc2c(c1)C(=O)c1ccc(C(C)(C)CCOC(C)=O)cc1C2=O. The summed E-state index contributed by atoms with van der Waals surface area (Å²) in [5.74, 6) is -1.00. The second-order valence-electron chi connectivity index (χ2n) is 10.1. The van der Waals surface area contributed by atoms with E-state index < -0.39 is 0 Å². The molecular formula is C28H32O6. The van der Waals surface area contributed by atoms with Crippen molar-refractivity contribution in [1.29, 1.82) is 0 Å². The van der Waals surface area contributed by atoms with Gasteiger partial charge in [0, 0.05) is 36.1 Å². The quantitative estimate of drug-likeness (QED) is 0.440. The fourth-order valence-electron chi connectivity index (χ4n) is 4.18. The minimum atomic E-state index is -0.343. The van der Waals surface area contributed by atoms with Gasteiger partial charge >= 0.3 is 11.9 Å². The van der Waals surface area contributed by atoms with E-state index >= 15 is 0 Å². The molecule has 3 rings (SSSR count). The first kappa shape index (κ1) is 25.3. The number of hydrogen-bond donors (Lipinski definition) is 0. The van der Waals surface area contributed by atoms with Crippen LogP contribution in [0, 0.1) is 0 Å². The normalized spacial score (nSPS) is 13.2. The predicted octanol–water partition coefficient (Wildman–Crippen LogP) is 4.92. The average Bonchev–Trinajstić information content (AvgIpc) is 2.76. The molecule has 2 aromatic rings. The van der Waals surface area contributed by atoms with Crippen molar-refractivity contribution in [2.75, 3.05) is 13.2 Å². The number of carbonyl (C=O) groups is 4. The Balaban J connectivity index is 1.90. The van der Waals surface area contributed by atoms with Crippen LogP contribution in [-0.4, -0.2) is 36.7 Å². The fourth-order valence-corrected chi connectivity index (χ4v) is 4.18. The first-order chi connectivity index (χ1) is 15.8. The molecule has 1 aliphatic rings. The largest absolute Gasteiger partial charge is 0.466 e. The van der Waals surface area contributed by atoms with Crippen LogP contribution in [0.25, 0.3) is 0 Å². The second kappa shape index (κ2) is 9.53. The molecule has 1 aliphatic carbocycles. The van der Waals surface area contributed by atoms with E-state index in [0.29, 0.717) is 35.1 Å². The maximum atomic E-state index is 13.4. The molecule has 180 valence electrons. The Kier molecular flexibility index (Phi) is 7.10. The number of rotatable bonds is 8. The Morgan fingerprint density at radius 1 is 0.647 bits per heavy atom. The minimum Gasteiger partial charge on any atom is -0.466 e. The first-order valence-electron chi connectivity index (χ1n) is 11.5. The van der Waals surface area contributed by atoms with Crippen LogP contribution in [0.5, 0.6) is 0 Å². The molecule has 0 aromatic heterocycles. The molecule has 6 nitrogen and oxygen atoms in total. The highest BCUT2D eigenvalue weighted by Gasteiger charge is 2.33. The minimum absolute atomic E-state index is 0.175. The van der Waals surface area contributed by atoms with Crippen LogP contribution in [0.4, 0.5) is 0 Å². The lowest BCUT2D eigenvalue weighted by Gasteiger charge is -2.28. The summed E-state index contributed by atoms with van der Waals surface area (Å²) in [5, 5.41) is 0. The van der Waals surface area contributed by atoms with Crippen molar-refractivity contribution in [1.82, 2.24) is 0 Å². The van der Waals surface area contributed by atoms with Crippen LogP contribution in [-0.2, 0) is 29.9 Å². The number of ether oxygens (including phenoxy) is 2. The Bertz CT molecular complexity index is 1060. The lowest BCUT2D eigenvalue weighted by Crippen LogP contribution is -2.26. The van der Waals surface area contributed by atoms with Gasteiger partial charge in [-0.05, 0) is 59.1 Å². The highest BCUT2D eigenvalue weighted by atomic mass is 16.5. The van der Waals surface area contributed by atoms with Crippen molar-refractivity contribution < 1.29 is 28.7 Å². The lowest BCUT2D eigenvalue weighted by molar-refractivity contribution is -0.142. The molecule has 0 saturated carbocycles. The summed E-state index contributed by atoms with van der Waals surface area (Å²) < 4.78 is 10.2. The number of hydrogen-bond acceptors (Lipinski definition) is 6. The van der Waals surface area contributed by atoms with Gasteiger partial charge in [0.2, 0.25) is 0 Å². The summed E-state index contributed by atoms with van der Waals surface area (Å²) in [7, 11) is 0. The van der Waals surface area contributed by atoms with Crippen LogP contribution in [0.3, 0.4) is 0 Å². The molecule has 34 heavy (non-hydrogen) atoms. The summed E-state index contributed by atoms with van der Waals surface area (Å²) in [4.78, 5) is 48.9. The van der Waals surface area contributed by atoms with E-state index in [1.807, 2.05) is 39.8 Å². The summed E-state index contributed by atoms with van der Waals surface area (Å²) in [6.07, 6.45) is 1.19. The van der Waals surface area contributed by atoms with Gasteiger partial charge in [0.1, 0.15) is 0 Å². The maximum Gasteiger partial charge on any atom is 0.302 e. The zero-order valence-electron chi connectivity index (χ0n) is 20.7. The Morgan fingerprint density at radius 2 is 1.00 bits per heavy atom. The summed E-state index contributed by atoms with van der Waals surface area (Å²) in [6, 6.07) is 10.8. The molecule has 0 saturated heterocycles. The molecule has 0 bridgehead atoms. The van der Waals surface area contributed by atoms with Crippen LogP contribution in [0.15, 0.2) is 36.4 Å². The van der Waals surface area contributed by atoms with Crippen LogP contribution in [0.1, 0.15) is 97.4 Å². The van der Waals surface area contributed by atoms with Gasteiger partial charge < -0.3 is 9.47 Å². The molecule has 6 heteroatoms. The van der Waals surface area contributed by atoms with Gasteiger partial charge in [0.15, 0.2) is 11.6 Å². The Morgan fingerprint density at radius 3 is 1.32 bits per heavy atom. The Labute approximate surface area is 200 Å². The molecule has 0 spiro atoms. The summed E-state index contributed by atoms with van der Waals surface area (Å²) in [6.45, 7) is 11.4. The number of esters is 2. The molecule has 0 fully saturated rings. The zero-order chi connectivity index (χ0) is 25.3. The number of benzene rings is 2. The van der Waals surface area contributed by atoms with Crippen molar-refractivity contribution in [3.63, 3.8) is 0 Å². The molecular weight excluding hydrogens is 432 g/mol. The van der Waals surface area contributed by atoms with Gasteiger partial charge in [-0.15, -0.1) is 0 Å². The highest BCUT2D eigenvalue weighted by molar-refractivity contribution is 6.28. The smallest absolute Gasteiger partial charge is 0.302 e. The van der Waals surface area contributed by atoms with Gasteiger partial charge in [-0.3, -0.25) is 19.2 Å². The van der Waals surface area contributed by atoms with Gasteiger partial charge in [0.25, 0.3) is 0 Å². The van der Waals surface area contributed by atoms with E-state index in [-0.39, 0.29) is 47.5 Å². The first-order valence-corrected chi connectivity index (χ1v) is 11.5. The lowest BCUT2D eigenvalue weighted by atomic mass is 9.75. The summed E-state index contributed by atoms with van der Waals surface area (Å²) >= 11 is 0. The summed E-state index contributed by atoms with van der Waals surface area (Å²) in [5.41, 5.74) is 2.72. The topological polar surface area (TPSA) is 86.7 Å². The van der Waals surface area contributed by atoms with Gasteiger partial charge in [-0.2, -0.15) is 0 Å². The van der Waals surface area contributed by atoms with E-state index in [1.54, 1.807) is 24.3 Å². The standard InChI is InChI=1S/C28H32O6/c1-17(29)33-13-11-27(3,4)19-7-9-21-23(15-19)25(31)22-10-8-20(16-24(22)26(21)32)28(5,6)12-14-34-18(2)30/h7-10,15-16H,11-14H2,1-6H3. The monoisotopic (exact) mass is 464 g/mol. The highest BCUT2D eigenvalue weighted by Crippen LogP contribution is 2.36. The molecule has 0 radical (unpaired) electrons. The van der Waals surface area contributed by atoms with Gasteiger partial charge in [0.05, 0.1) is 13.2 Å². The van der Waals surface area contributed by atoms with Crippen LogP contribution < -0.4 is 0 Å². The van der Waals surface area contributed by atoms with Gasteiger partial charge in [-0.25, -0.2) is 0 Å². The van der Waals surface area contributed by atoms with Crippen molar-refractivity contribution in [3.8, 4) is 0 Å². The molecule has 0 atom stereocenters. The van der Waals surface area contributed by atoms with Crippen molar-refractivity contribution in [2.24, 2.45) is 0 Å². The van der Waals surface area contributed by atoms with Gasteiger partial charge in [-0.1, -0.05) is 39.8 Å².